The van der Waals surface area contributed by atoms with Crippen LogP contribution in [-0.2, 0) is 11.2 Å². The van der Waals surface area contributed by atoms with E-state index < -0.39 is 0 Å². The van der Waals surface area contributed by atoms with Gasteiger partial charge in [-0.25, -0.2) is 0 Å². The second-order valence-electron chi connectivity index (χ2n) is 4.23. The van der Waals surface area contributed by atoms with Crippen LogP contribution in [0.25, 0.3) is 10.8 Å². The number of benzene rings is 2. The van der Waals surface area contributed by atoms with Gasteiger partial charge in [-0.2, -0.15) is 0 Å². The molecule has 0 amide bonds. The van der Waals surface area contributed by atoms with E-state index >= 15 is 0 Å². The number of carbonyl (C=O) groups is 1. The lowest BCUT2D eigenvalue weighted by atomic mass is 10.00. The lowest BCUT2D eigenvalue weighted by molar-refractivity contribution is -0.131. The smallest absolute Gasteiger partial charge is 0.308 e. The number of fused-ring (bicyclic) bond motifs is 1. The zero-order chi connectivity index (χ0) is 12.4. The number of carbonyl (C=O) groups excluding carboxylic acids is 1. The van der Waals surface area contributed by atoms with Crippen molar-refractivity contribution in [2.24, 2.45) is 0 Å². The Morgan fingerprint density at radius 2 is 2.06 bits per heavy atom. The van der Waals surface area contributed by atoms with Crippen molar-refractivity contribution >= 4 is 16.7 Å². The highest BCUT2D eigenvalue weighted by molar-refractivity contribution is 5.93. The van der Waals surface area contributed by atoms with Crippen LogP contribution in [0.5, 0.6) is 5.75 Å². The van der Waals surface area contributed by atoms with E-state index in [1.807, 2.05) is 19.1 Å². The van der Waals surface area contributed by atoms with Gasteiger partial charge in [-0.05, 0) is 35.9 Å². The minimum atomic E-state index is -0.275. The molecule has 0 saturated carbocycles. The quantitative estimate of drug-likeness (QED) is 0.579. The maximum Gasteiger partial charge on any atom is 0.308 e. The summed E-state index contributed by atoms with van der Waals surface area (Å²) < 4.78 is 5.31. The van der Waals surface area contributed by atoms with Crippen molar-refractivity contribution in [2.45, 2.75) is 27.2 Å². The molecule has 0 aliphatic rings. The summed E-state index contributed by atoms with van der Waals surface area (Å²) in [6, 6.07) is 10.2. The predicted molar refractivity (Wildman–Crippen MR) is 69.4 cm³/mol. The summed E-state index contributed by atoms with van der Waals surface area (Å²) >= 11 is 0. The van der Waals surface area contributed by atoms with Crippen molar-refractivity contribution in [1.29, 1.82) is 0 Å². The summed E-state index contributed by atoms with van der Waals surface area (Å²) in [5.41, 5.74) is 2.31. The van der Waals surface area contributed by atoms with Gasteiger partial charge in [0, 0.05) is 12.3 Å². The average molecular weight is 228 g/mol. The minimum Gasteiger partial charge on any atom is -0.426 e. The van der Waals surface area contributed by atoms with Gasteiger partial charge in [0.25, 0.3) is 0 Å². The summed E-state index contributed by atoms with van der Waals surface area (Å²) in [6.07, 6.45) is 0.925. The Kier molecular flexibility index (Phi) is 3.14. The Labute approximate surface area is 101 Å². The van der Waals surface area contributed by atoms with Gasteiger partial charge >= 0.3 is 5.97 Å². The van der Waals surface area contributed by atoms with E-state index in [2.05, 4.69) is 25.1 Å². The minimum absolute atomic E-state index is 0.275. The van der Waals surface area contributed by atoms with Crippen LogP contribution in [0.2, 0.25) is 0 Å². The van der Waals surface area contributed by atoms with Gasteiger partial charge in [-0.15, -0.1) is 0 Å². The second-order valence-corrected chi connectivity index (χ2v) is 4.23. The SMILES string of the molecule is CCc1cccc2cc(C)cc(OC(C)=O)c12. The van der Waals surface area contributed by atoms with Crippen molar-refractivity contribution < 1.29 is 9.53 Å². The van der Waals surface area contributed by atoms with Crippen molar-refractivity contribution in [3.63, 3.8) is 0 Å². The third-order valence-electron chi connectivity index (χ3n) is 2.81. The van der Waals surface area contributed by atoms with Gasteiger partial charge in [-0.3, -0.25) is 4.79 Å². The van der Waals surface area contributed by atoms with Gasteiger partial charge in [0.2, 0.25) is 0 Å². The molecule has 17 heavy (non-hydrogen) atoms. The summed E-state index contributed by atoms with van der Waals surface area (Å²) in [5, 5.41) is 2.18. The molecule has 2 rings (SSSR count). The van der Waals surface area contributed by atoms with Gasteiger partial charge in [0.05, 0.1) is 0 Å². The van der Waals surface area contributed by atoms with Gasteiger partial charge in [0.15, 0.2) is 0 Å². The first kappa shape index (κ1) is 11.6. The van der Waals surface area contributed by atoms with E-state index in [9.17, 15) is 4.79 Å². The molecule has 2 heteroatoms. The first-order chi connectivity index (χ1) is 8.11. The fourth-order valence-corrected chi connectivity index (χ4v) is 2.14. The molecule has 0 radical (unpaired) electrons. The van der Waals surface area contributed by atoms with E-state index in [4.69, 9.17) is 4.74 Å². The van der Waals surface area contributed by atoms with Crippen LogP contribution in [0.1, 0.15) is 25.0 Å². The second kappa shape index (κ2) is 4.58. The Morgan fingerprint density at radius 1 is 1.29 bits per heavy atom. The molecule has 2 nitrogen and oxygen atoms in total. The monoisotopic (exact) mass is 228 g/mol. The van der Waals surface area contributed by atoms with Crippen LogP contribution in [0, 0.1) is 6.92 Å². The summed E-state index contributed by atoms with van der Waals surface area (Å²) in [4.78, 5) is 11.1. The Morgan fingerprint density at radius 3 is 2.71 bits per heavy atom. The highest BCUT2D eigenvalue weighted by atomic mass is 16.5. The first-order valence-corrected chi connectivity index (χ1v) is 5.82. The van der Waals surface area contributed by atoms with E-state index in [0.29, 0.717) is 5.75 Å². The van der Waals surface area contributed by atoms with Crippen molar-refractivity contribution in [2.75, 3.05) is 0 Å². The maximum atomic E-state index is 11.1. The number of aryl methyl sites for hydroxylation is 2. The molecule has 0 fully saturated rings. The van der Waals surface area contributed by atoms with Crippen molar-refractivity contribution in [1.82, 2.24) is 0 Å². The Bertz CT molecular complexity index is 570. The van der Waals surface area contributed by atoms with E-state index in [0.717, 1.165) is 22.8 Å². The number of hydrogen-bond acceptors (Lipinski definition) is 2. The van der Waals surface area contributed by atoms with Crippen LogP contribution < -0.4 is 4.74 Å². The normalized spacial score (nSPS) is 10.5. The molecule has 0 atom stereocenters. The summed E-state index contributed by atoms with van der Waals surface area (Å²) in [6.45, 7) is 5.54. The van der Waals surface area contributed by atoms with Crippen LogP contribution in [0.3, 0.4) is 0 Å². The molecule has 0 saturated heterocycles. The highest BCUT2D eigenvalue weighted by Crippen LogP contribution is 2.31. The predicted octanol–water partition coefficient (Wildman–Crippen LogP) is 3.64. The van der Waals surface area contributed by atoms with Crippen LogP contribution in [0.4, 0.5) is 0 Å². The Balaban J connectivity index is 2.74. The standard InChI is InChI=1S/C15H16O2/c1-4-12-6-5-7-13-8-10(2)9-14(15(12)13)17-11(3)16/h5-9H,4H2,1-3H3. The molecule has 0 spiro atoms. The molecule has 0 aliphatic carbocycles. The molecule has 2 aromatic carbocycles. The number of hydrogen-bond donors (Lipinski definition) is 0. The fourth-order valence-electron chi connectivity index (χ4n) is 2.14. The number of rotatable bonds is 2. The van der Waals surface area contributed by atoms with Gasteiger partial charge < -0.3 is 4.74 Å². The first-order valence-electron chi connectivity index (χ1n) is 5.82. The van der Waals surface area contributed by atoms with Crippen molar-refractivity contribution in [3.8, 4) is 5.75 Å². The zero-order valence-corrected chi connectivity index (χ0v) is 10.4. The molecule has 0 N–H and O–H groups in total. The molecule has 2 aromatic rings. The molecule has 88 valence electrons. The molecular weight excluding hydrogens is 212 g/mol. The number of esters is 1. The van der Waals surface area contributed by atoms with Crippen LogP contribution >= 0.6 is 0 Å². The lowest BCUT2D eigenvalue weighted by Gasteiger charge is -2.11. The fraction of sp³-hybridized carbons (Fsp3) is 0.267. The van der Waals surface area contributed by atoms with Gasteiger partial charge in [0.1, 0.15) is 5.75 Å². The third kappa shape index (κ3) is 2.31. The van der Waals surface area contributed by atoms with E-state index in [-0.39, 0.29) is 5.97 Å². The Hall–Kier alpha value is -1.83. The molecule has 0 aromatic heterocycles. The lowest BCUT2D eigenvalue weighted by Crippen LogP contribution is -2.03. The highest BCUT2D eigenvalue weighted by Gasteiger charge is 2.09. The molecule has 0 heterocycles. The molecule has 0 aliphatic heterocycles. The summed E-state index contributed by atoms with van der Waals surface area (Å²) in [7, 11) is 0. The third-order valence-corrected chi connectivity index (χ3v) is 2.81. The van der Waals surface area contributed by atoms with Crippen LogP contribution in [-0.4, -0.2) is 5.97 Å². The number of ether oxygens (including phenoxy) is 1. The maximum absolute atomic E-state index is 11.1. The molecule has 0 unspecified atom stereocenters. The van der Waals surface area contributed by atoms with Crippen molar-refractivity contribution in [3.05, 3.63) is 41.5 Å². The zero-order valence-electron chi connectivity index (χ0n) is 10.4. The van der Waals surface area contributed by atoms with Crippen LogP contribution in [0.15, 0.2) is 30.3 Å². The van der Waals surface area contributed by atoms with E-state index in [1.165, 1.54) is 12.5 Å². The largest absolute Gasteiger partial charge is 0.426 e. The van der Waals surface area contributed by atoms with E-state index in [1.54, 1.807) is 0 Å². The average Bonchev–Trinajstić information content (AvgIpc) is 2.26. The molecule has 0 bridgehead atoms. The molecular formula is C15H16O2. The summed E-state index contributed by atoms with van der Waals surface area (Å²) in [5.74, 6) is 0.396. The van der Waals surface area contributed by atoms with Gasteiger partial charge in [-0.1, -0.05) is 31.2 Å². The topological polar surface area (TPSA) is 26.3 Å².